The van der Waals surface area contributed by atoms with Crippen LogP contribution in [-0.4, -0.2) is 42.1 Å². The highest BCUT2D eigenvalue weighted by Gasteiger charge is 2.26. The van der Waals surface area contributed by atoms with Gasteiger partial charge >= 0.3 is 0 Å². The summed E-state index contributed by atoms with van der Waals surface area (Å²) in [5.74, 6) is 0.926. The molecule has 148 valence electrons. The lowest BCUT2D eigenvalue weighted by molar-refractivity contribution is 0.0686. The fourth-order valence-corrected chi connectivity index (χ4v) is 4.09. The first-order valence-corrected chi connectivity index (χ1v) is 9.71. The molecule has 0 bridgehead atoms. The summed E-state index contributed by atoms with van der Waals surface area (Å²) in [7, 11) is 2.00. The van der Waals surface area contributed by atoms with Gasteiger partial charge in [0, 0.05) is 30.2 Å². The van der Waals surface area contributed by atoms with Gasteiger partial charge in [-0.2, -0.15) is 0 Å². The highest BCUT2D eigenvalue weighted by atomic mass is 35.5. The number of hydrogen-bond donors (Lipinski definition) is 1. The molecule has 1 amide bonds. The van der Waals surface area contributed by atoms with Crippen molar-refractivity contribution in [3.05, 3.63) is 52.8 Å². The van der Waals surface area contributed by atoms with Crippen LogP contribution in [0.25, 0.3) is 5.69 Å². The summed E-state index contributed by atoms with van der Waals surface area (Å²) in [6, 6.07) is 10.5. The van der Waals surface area contributed by atoms with Crippen LogP contribution >= 0.6 is 12.4 Å². The van der Waals surface area contributed by atoms with Crippen LogP contribution in [0, 0.1) is 26.7 Å². The van der Waals surface area contributed by atoms with E-state index in [0.717, 1.165) is 61.0 Å². The van der Waals surface area contributed by atoms with Crippen molar-refractivity contribution >= 4 is 18.3 Å². The quantitative estimate of drug-likeness (QED) is 0.828. The number of carbonyl (C=O) groups excluding carboxylic acids is 1. The molecule has 0 saturated carbocycles. The molecule has 4 nitrogen and oxygen atoms in total. The number of aromatic nitrogens is 1. The lowest BCUT2D eigenvalue weighted by Gasteiger charge is -2.32. The van der Waals surface area contributed by atoms with E-state index >= 15 is 0 Å². The van der Waals surface area contributed by atoms with E-state index in [1.807, 2.05) is 18.0 Å². The van der Waals surface area contributed by atoms with Gasteiger partial charge in [-0.1, -0.05) is 12.1 Å². The first-order chi connectivity index (χ1) is 12.5. The summed E-state index contributed by atoms with van der Waals surface area (Å²) in [6.45, 7) is 9.05. The molecular weight excluding hydrogens is 358 g/mol. The number of aryl methyl sites for hydroxylation is 2. The van der Waals surface area contributed by atoms with Crippen molar-refractivity contribution in [2.75, 3.05) is 26.7 Å². The zero-order chi connectivity index (χ0) is 18.7. The van der Waals surface area contributed by atoms with Crippen LogP contribution in [0.5, 0.6) is 0 Å². The maximum atomic E-state index is 13.1. The maximum absolute atomic E-state index is 13.1. The number of benzene rings is 1. The van der Waals surface area contributed by atoms with Crippen LogP contribution in [0.2, 0.25) is 0 Å². The standard InChI is InChI=1S/C22H31N3O.ClH/c1-16-6-5-7-20(14-16)25-17(2)15-21(18(25)3)22(26)24-12-9-19(10-13-24)8-11-23-4;/h5-7,14-15,19,23H,8-13H2,1-4H3;1H. The molecular formula is C22H32ClN3O. The SMILES string of the molecule is CNCCC1CCN(C(=O)c2cc(C)n(-c3cccc(C)c3)c2C)CC1.Cl. The number of nitrogens with one attached hydrogen (secondary N) is 1. The van der Waals surface area contributed by atoms with Crippen LogP contribution in [0.1, 0.15) is 46.6 Å². The van der Waals surface area contributed by atoms with E-state index in [2.05, 4.69) is 54.9 Å². The first kappa shape index (κ1) is 21.5. The highest BCUT2D eigenvalue weighted by molar-refractivity contribution is 5.96. The minimum Gasteiger partial charge on any atom is -0.339 e. The Morgan fingerprint density at radius 2 is 1.85 bits per heavy atom. The van der Waals surface area contributed by atoms with Crippen LogP contribution in [0.3, 0.4) is 0 Å². The van der Waals surface area contributed by atoms with Crippen molar-refractivity contribution in [3.8, 4) is 5.69 Å². The summed E-state index contributed by atoms with van der Waals surface area (Å²) < 4.78 is 2.19. The van der Waals surface area contributed by atoms with E-state index in [1.54, 1.807) is 0 Å². The number of likely N-dealkylation sites (tertiary alicyclic amines) is 1. The molecule has 1 fully saturated rings. The van der Waals surface area contributed by atoms with Crippen LogP contribution in [0.15, 0.2) is 30.3 Å². The van der Waals surface area contributed by atoms with E-state index in [1.165, 1.54) is 12.0 Å². The summed E-state index contributed by atoms with van der Waals surface area (Å²) in [5.41, 5.74) is 5.35. The van der Waals surface area contributed by atoms with E-state index < -0.39 is 0 Å². The zero-order valence-electron chi connectivity index (χ0n) is 16.9. The number of rotatable bonds is 5. The number of halogens is 1. The Bertz CT molecular complexity index is 776. The lowest BCUT2D eigenvalue weighted by Crippen LogP contribution is -2.39. The fourth-order valence-electron chi connectivity index (χ4n) is 4.09. The molecule has 0 unspecified atom stereocenters. The van der Waals surface area contributed by atoms with Crippen molar-refractivity contribution in [1.29, 1.82) is 0 Å². The summed E-state index contributed by atoms with van der Waals surface area (Å²) >= 11 is 0. The molecule has 27 heavy (non-hydrogen) atoms. The molecule has 1 aromatic heterocycles. The van der Waals surface area contributed by atoms with Gasteiger partial charge in [0.1, 0.15) is 0 Å². The number of nitrogens with zero attached hydrogens (tertiary/aromatic N) is 2. The Morgan fingerprint density at radius 3 is 2.48 bits per heavy atom. The Hall–Kier alpha value is -1.78. The number of amides is 1. The molecule has 1 aliphatic rings. The van der Waals surface area contributed by atoms with E-state index in [-0.39, 0.29) is 18.3 Å². The van der Waals surface area contributed by atoms with E-state index in [9.17, 15) is 4.79 Å². The molecule has 1 aliphatic heterocycles. The highest BCUT2D eigenvalue weighted by Crippen LogP contribution is 2.25. The van der Waals surface area contributed by atoms with Crippen molar-refractivity contribution in [3.63, 3.8) is 0 Å². The minimum atomic E-state index is 0. The summed E-state index contributed by atoms with van der Waals surface area (Å²) in [4.78, 5) is 15.1. The molecule has 5 heteroatoms. The van der Waals surface area contributed by atoms with Gasteiger partial charge in [0.25, 0.3) is 5.91 Å². The molecule has 2 heterocycles. The van der Waals surface area contributed by atoms with Gasteiger partial charge in [0.2, 0.25) is 0 Å². The minimum absolute atomic E-state index is 0. The fraction of sp³-hybridized carbons (Fsp3) is 0.500. The summed E-state index contributed by atoms with van der Waals surface area (Å²) in [5, 5.41) is 3.23. The average molecular weight is 390 g/mol. The topological polar surface area (TPSA) is 37.3 Å². The Kier molecular flexibility index (Phi) is 7.51. The largest absolute Gasteiger partial charge is 0.339 e. The third-order valence-electron chi connectivity index (χ3n) is 5.63. The Morgan fingerprint density at radius 1 is 1.15 bits per heavy atom. The smallest absolute Gasteiger partial charge is 0.255 e. The lowest BCUT2D eigenvalue weighted by atomic mass is 9.93. The van der Waals surface area contributed by atoms with Crippen molar-refractivity contribution < 1.29 is 4.79 Å². The molecule has 1 N–H and O–H groups in total. The first-order valence-electron chi connectivity index (χ1n) is 9.71. The molecule has 3 rings (SSSR count). The van der Waals surface area contributed by atoms with E-state index in [4.69, 9.17) is 0 Å². The molecule has 0 radical (unpaired) electrons. The van der Waals surface area contributed by atoms with Crippen molar-refractivity contribution in [1.82, 2.24) is 14.8 Å². The molecule has 2 aromatic rings. The number of piperidine rings is 1. The van der Waals surface area contributed by atoms with Crippen molar-refractivity contribution in [2.45, 2.75) is 40.0 Å². The Labute approximate surface area is 169 Å². The van der Waals surface area contributed by atoms with Gasteiger partial charge in [0.05, 0.1) is 5.56 Å². The Balaban J connectivity index is 0.00000261. The second-order valence-electron chi connectivity index (χ2n) is 7.59. The second kappa shape index (κ2) is 9.43. The predicted octanol–water partition coefficient (Wildman–Crippen LogP) is 4.29. The normalized spacial score (nSPS) is 14.9. The van der Waals surface area contributed by atoms with Crippen LogP contribution in [-0.2, 0) is 0 Å². The van der Waals surface area contributed by atoms with Gasteiger partial charge in [-0.25, -0.2) is 0 Å². The maximum Gasteiger partial charge on any atom is 0.255 e. The van der Waals surface area contributed by atoms with Gasteiger partial charge in [-0.15, -0.1) is 12.4 Å². The summed E-state index contributed by atoms with van der Waals surface area (Å²) in [6.07, 6.45) is 3.44. The van der Waals surface area contributed by atoms with E-state index in [0.29, 0.717) is 0 Å². The third-order valence-corrected chi connectivity index (χ3v) is 5.63. The van der Waals surface area contributed by atoms with Gasteiger partial charge in [0.15, 0.2) is 0 Å². The van der Waals surface area contributed by atoms with Gasteiger partial charge in [-0.05, 0) is 83.3 Å². The van der Waals surface area contributed by atoms with Gasteiger partial charge < -0.3 is 14.8 Å². The molecule has 0 spiro atoms. The predicted molar refractivity (Wildman–Crippen MR) is 114 cm³/mol. The second-order valence-corrected chi connectivity index (χ2v) is 7.59. The average Bonchev–Trinajstić information content (AvgIpc) is 2.94. The van der Waals surface area contributed by atoms with Crippen molar-refractivity contribution in [2.24, 2.45) is 5.92 Å². The molecule has 0 atom stereocenters. The number of hydrogen-bond acceptors (Lipinski definition) is 2. The number of carbonyl (C=O) groups is 1. The molecule has 1 saturated heterocycles. The monoisotopic (exact) mass is 389 g/mol. The zero-order valence-corrected chi connectivity index (χ0v) is 17.7. The van der Waals surface area contributed by atoms with Crippen LogP contribution in [0.4, 0.5) is 0 Å². The third kappa shape index (κ3) is 4.74. The molecule has 1 aromatic carbocycles. The van der Waals surface area contributed by atoms with Gasteiger partial charge in [-0.3, -0.25) is 4.79 Å². The van der Waals surface area contributed by atoms with Crippen LogP contribution < -0.4 is 5.32 Å². The molecule has 0 aliphatic carbocycles.